The van der Waals surface area contributed by atoms with Gasteiger partial charge in [0.2, 0.25) is 0 Å². The standard InChI is InChI=1S/C25H31NO4/c1-15(21(26)22(27)16-6-8-17(9-7-16)23(28)29)30-18-10-11-19-20(14-18)25(4,5)13-12-24(19,2)3/h6-11,14-15,21H,12-13,26H2,1-5H3,(H,28,29)/t15?,21-/m0/s1. The smallest absolute Gasteiger partial charge is 0.335 e. The Bertz CT molecular complexity index is 960. The minimum Gasteiger partial charge on any atom is -0.489 e. The van der Waals surface area contributed by atoms with Crippen LogP contribution in [0.15, 0.2) is 42.5 Å². The maximum atomic E-state index is 12.7. The lowest BCUT2D eigenvalue weighted by atomic mass is 9.63. The quantitative estimate of drug-likeness (QED) is 0.674. The van der Waals surface area contributed by atoms with Gasteiger partial charge in [0.05, 0.1) is 5.56 Å². The number of hydrogen-bond acceptors (Lipinski definition) is 4. The van der Waals surface area contributed by atoms with E-state index in [2.05, 4.69) is 39.8 Å². The number of carbonyl (C=O) groups excluding carboxylic acids is 1. The van der Waals surface area contributed by atoms with Crippen LogP contribution >= 0.6 is 0 Å². The van der Waals surface area contributed by atoms with E-state index in [0.717, 1.165) is 12.8 Å². The van der Waals surface area contributed by atoms with E-state index < -0.39 is 18.1 Å². The fourth-order valence-corrected chi connectivity index (χ4v) is 4.11. The van der Waals surface area contributed by atoms with Crippen LogP contribution in [0.4, 0.5) is 0 Å². The van der Waals surface area contributed by atoms with Crippen LogP contribution in [0.1, 0.15) is 79.3 Å². The van der Waals surface area contributed by atoms with E-state index in [-0.39, 0.29) is 22.2 Å². The fourth-order valence-electron chi connectivity index (χ4n) is 4.11. The summed E-state index contributed by atoms with van der Waals surface area (Å²) in [6, 6.07) is 11.1. The Kier molecular flexibility index (Phi) is 5.79. The average molecular weight is 410 g/mol. The highest BCUT2D eigenvalue weighted by molar-refractivity contribution is 6.01. The van der Waals surface area contributed by atoms with E-state index >= 15 is 0 Å². The van der Waals surface area contributed by atoms with Gasteiger partial charge in [-0.15, -0.1) is 0 Å². The molecule has 2 atom stereocenters. The molecule has 0 fully saturated rings. The molecule has 0 spiro atoms. The molecule has 0 aliphatic heterocycles. The van der Waals surface area contributed by atoms with Crippen molar-refractivity contribution in [3.05, 3.63) is 64.7 Å². The summed E-state index contributed by atoms with van der Waals surface area (Å²) in [7, 11) is 0. The molecule has 1 unspecified atom stereocenters. The topological polar surface area (TPSA) is 89.6 Å². The van der Waals surface area contributed by atoms with Gasteiger partial charge in [-0.2, -0.15) is 0 Å². The molecule has 5 heteroatoms. The third-order valence-electron chi connectivity index (χ3n) is 6.37. The number of fused-ring (bicyclic) bond motifs is 1. The van der Waals surface area contributed by atoms with E-state index in [0.29, 0.717) is 11.3 Å². The number of carbonyl (C=O) groups is 2. The summed E-state index contributed by atoms with van der Waals surface area (Å²) in [5, 5.41) is 9.00. The summed E-state index contributed by atoms with van der Waals surface area (Å²) in [5.74, 6) is -0.608. The molecule has 1 aliphatic carbocycles. The maximum Gasteiger partial charge on any atom is 0.335 e. The summed E-state index contributed by atoms with van der Waals surface area (Å²) in [4.78, 5) is 23.7. The third-order valence-corrected chi connectivity index (χ3v) is 6.37. The van der Waals surface area contributed by atoms with Crippen molar-refractivity contribution in [2.24, 2.45) is 5.73 Å². The van der Waals surface area contributed by atoms with Gasteiger partial charge in [-0.1, -0.05) is 45.9 Å². The van der Waals surface area contributed by atoms with Gasteiger partial charge >= 0.3 is 5.97 Å². The Morgan fingerprint density at radius 3 is 2.03 bits per heavy atom. The van der Waals surface area contributed by atoms with Crippen molar-refractivity contribution in [3.63, 3.8) is 0 Å². The lowest BCUT2D eigenvalue weighted by Crippen LogP contribution is -2.43. The molecular weight excluding hydrogens is 378 g/mol. The second-order valence-electron chi connectivity index (χ2n) is 9.57. The molecule has 5 nitrogen and oxygen atoms in total. The van der Waals surface area contributed by atoms with Crippen LogP contribution in [-0.2, 0) is 10.8 Å². The number of nitrogens with two attached hydrogens (primary N) is 1. The molecule has 0 heterocycles. The van der Waals surface area contributed by atoms with Gasteiger partial charge in [-0.3, -0.25) is 4.79 Å². The zero-order chi connectivity index (χ0) is 22.3. The molecule has 0 bridgehead atoms. The molecule has 0 radical (unpaired) electrons. The molecule has 3 N–H and O–H groups in total. The number of carboxylic acid groups (broad SMARTS) is 1. The second-order valence-corrected chi connectivity index (χ2v) is 9.57. The summed E-state index contributed by atoms with van der Waals surface area (Å²) >= 11 is 0. The first-order valence-electron chi connectivity index (χ1n) is 10.4. The Morgan fingerprint density at radius 2 is 1.47 bits per heavy atom. The molecule has 2 aromatic carbocycles. The molecule has 0 aromatic heterocycles. The maximum absolute atomic E-state index is 12.7. The lowest BCUT2D eigenvalue weighted by Gasteiger charge is -2.42. The second kappa shape index (κ2) is 7.88. The van der Waals surface area contributed by atoms with E-state index in [1.54, 1.807) is 6.92 Å². The normalized spacial score (nSPS) is 18.7. The van der Waals surface area contributed by atoms with Gasteiger partial charge < -0.3 is 15.6 Å². The van der Waals surface area contributed by atoms with Gasteiger partial charge in [-0.25, -0.2) is 4.79 Å². The number of benzene rings is 2. The number of ketones is 1. The number of aromatic carboxylic acids is 1. The van der Waals surface area contributed by atoms with Crippen LogP contribution in [0, 0.1) is 0 Å². The van der Waals surface area contributed by atoms with Crippen molar-refractivity contribution in [3.8, 4) is 5.75 Å². The van der Waals surface area contributed by atoms with Crippen LogP contribution in [0.5, 0.6) is 5.75 Å². The first kappa shape index (κ1) is 22.0. The van der Waals surface area contributed by atoms with E-state index in [4.69, 9.17) is 15.6 Å². The Labute approximate surface area is 178 Å². The molecule has 30 heavy (non-hydrogen) atoms. The van der Waals surface area contributed by atoms with Gasteiger partial charge in [-0.05, 0) is 66.0 Å². The highest BCUT2D eigenvalue weighted by atomic mass is 16.5. The van der Waals surface area contributed by atoms with Crippen LogP contribution in [0.3, 0.4) is 0 Å². The number of ether oxygens (including phenoxy) is 1. The first-order valence-corrected chi connectivity index (χ1v) is 10.4. The van der Waals surface area contributed by atoms with Crippen molar-refractivity contribution >= 4 is 11.8 Å². The van der Waals surface area contributed by atoms with Crippen molar-refractivity contribution in [1.82, 2.24) is 0 Å². The molecule has 160 valence electrons. The molecule has 1 aliphatic rings. The number of Topliss-reactive ketones (excluding diaryl/α,β-unsaturated/α-hetero) is 1. The molecule has 0 saturated heterocycles. The Morgan fingerprint density at radius 1 is 0.933 bits per heavy atom. The number of hydrogen-bond donors (Lipinski definition) is 2. The predicted octanol–water partition coefficient (Wildman–Crippen LogP) is 4.71. The van der Waals surface area contributed by atoms with Crippen molar-refractivity contribution in [2.45, 2.75) is 70.4 Å². The van der Waals surface area contributed by atoms with Crippen LogP contribution in [0.25, 0.3) is 0 Å². The zero-order valence-corrected chi connectivity index (χ0v) is 18.4. The monoisotopic (exact) mass is 409 g/mol. The minimum absolute atomic E-state index is 0.0667. The first-order chi connectivity index (χ1) is 13.9. The largest absolute Gasteiger partial charge is 0.489 e. The molecule has 2 aromatic rings. The van der Waals surface area contributed by atoms with Gasteiger partial charge in [0, 0.05) is 5.56 Å². The third kappa shape index (κ3) is 4.26. The molecule has 0 saturated carbocycles. The number of carboxylic acids is 1. The Balaban J connectivity index is 1.77. The van der Waals surface area contributed by atoms with E-state index in [1.165, 1.54) is 35.4 Å². The van der Waals surface area contributed by atoms with Gasteiger partial charge in [0.15, 0.2) is 5.78 Å². The SMILES string of the molecule is CC(Oc1ccc2c(c1)C(C)(C)CCC2(C)C)[C@H](N)C(=O)c1ccc(C(=O)O)cc1. The fraction of sp³-hybridized carbons (Fsp3) is 0.440. The zero-order valence-electron chi connectivity index (χ0n) is 18.4. The van der Waals surface area contributed by atoms with Crippen molar-refractivity contribution in [1.29, 1.82) is 0 Å². The van der Waals surface area contributed by atoms with Crippen molar-refractivity contribution in [2.75, 3.05) is 0 Å². The summed E-state index contributed by atoms with van der Waals surface area (Å²) in [6.07, 6.45) is 1.72. The molecule has 3 rings (SSSR count). The van der Waals surface area contributed by atoms with Crippen LogP contribution in [-0.4, -0.2) is 29.0 Å². The van der Waals surface area contributed by atoms with Gasteiger partial charge in [0.1, 0.15) is 17.9 Å². The molecule has 0 amide bonds. The highest BCUT2D eigenvalue weighted by Gasteiger charge is 2.37. The predicted molar refractivity (Wildman–Crippen MR) is 118 cm³/mol. The van der Waals surface area contributed by atoms with Crippen LogP contribution in [0.2, 0.25) is 0 Å². The highest BCUT2D eigenvalue weighted by Crippen LogP contribution is 2.46. The summed E-state index contributed by atoms with van der Waals surface area (Å²) in [6.45, 7) is 10.8. The van der Waals surface area contributed by atoms with E-state index in [1.807, 2.05) is 6.07 Å². The Hall–Kier alpha value is -2.66. The lowest BCUT2D eigenvalue weighted by molar-refractivity contribution is 0.0696. The number of rotatable bonds is 6. The van der Waals surface area contributed by atoms with E-state index in [9.17, 15) is 9.59 Å². The van der Waals surface area contributed by atoms with Crippen LogP contribution < -0.4 is 10.5 Å². The summed E-state index contributed by atoms with van der Waals surface area (Å²) < 4.78 is 6.07. The van der Waals surface area contributed by atoms with Gasteiger partial charge in [0.25, 0.3) is 0 Å². The minimum atomic E-state index is -1.03. The molecular formula is C25H31NO4. The van der Waals surface area contributed by atoms with Crippen molar-refractivity contribution < 1.29 is 19.4 Å². The summed E-state index contributed by atoms with van der Waals surface area (Å²) in [5.41, 5.74) is 9.51. The average Bonchev–Trinajstić information content (AvgIpc) is 2.70.